The molecule has 0 unspecified atom stereocenters. The first-order valence-corrected chi connectivity index (χ1v) is 22.5. The van der Waals surface area contributed by atoms with Gasteiger partial charge in [-0.05, 0) is 131 Å². The highest BCUT2D eigenvalue weighted by molar-refractivity contribution is 8.04. The number of rotatable bonds is 10. The summed E-state index contributed by atoms with van der Waals surface area (Å²) in [5.41, 5.74) is 1.22. The number of carbonyl (C=O) groups excluding carboxylic acids is 4. The number of nitrogens with one attached hydrogen (secondary N) is 4. The zero-order valence-electron chi connectivity index (χ0n) is 33.0. The van der Waals surface area contributed by atoms with E-state index in [1.165, 1.54) is 21.2 Å². The van der Waals surface area contributed by atoms with Crippen LogP contribution in [0, 0.1) is 11.8 Å². The van der Waals surface area contributed by atoms with Crippen molar-refractivity contribution in [1.82, 2.24) is 21.3 Å². The van der Waals surface area contributed by atoms with Crippen LogP contribution in [0.1, 0.15) is 97.3 Å². The fourth-order valence-corrected chi connectivity index (χ4v) is 11.4. The zero-order valence-corrected chi connectivity index (χ0v) is 34.7. The summed E-state index contributed by atoms with van der Waals surface area (Å²) in [6, 6.07) is 16.6. The van der Waals surface area contributed by atoms with Crippen molar-refractivity contribution >= 4 is 58.5 Å². The molecule has 2 spiro atoms. The van der Waals surface area contributed by atoms with Gasteiger partial charge in [0, 0.05) is 22.9 Å². The highest BCUT2D eigenvalue weighted by Crippen LogP contribution is 2.47. The van der Waals surface area contributed by atoms with E-state index < -0.39 is 11.3 Å². The van der Waals surface area contributed by atoms with E-state index in [-0.39, 0.29) is 34.8 Å². The third kappa shape index (κ3) is 8.30. The lowest BCUT2D eigenvalue weighted by atomic mass is 9.72. The van der Waals surface area contributed by atoms with Crippen molar-refractivity contribution in [2.24, 2.45) is 11.8 Å². The van der Waals surface area contributed by atoms with Gasteiger partial charge < -0.3 is 31.1 Å². The molecule has 2 aliphatic carbocycles. The van der Waals surface area contributed by atoms with Gasteiger partial charge in [-0.3, -0.25) is 19.2 Å². The number of unbranched alkanes of at least 4 members (excludes halogenated alkanes) is 2. The standard InChI is InChI=1S/C45H54N6O4S2/c1-3-5-27-50-34-11-7-9-13-36(34)56-38(50)17-15-32-40(52)46-44(47-41(32)53)23-19-30(20-24-44)29-31-21-25-45(26-22-31)48-42(54)33(43(55)49-45)16-18-39-51(28-6-4-2)35-12-8-10-14-37(35)57-39/h7-18,30-31H,3-6,19-29H2,1-2H3,(H,46,52)(H,47,53)(H,48,54)(H,49,55). The normalized spacial score (nSPS) is 28.4. The van der Waals surface area contributed by atoms with Crippen LogP contribution in [0.25, 0.3) is 0 Å². The van der Waals surface area contributed by atoms with Gasteiger partial charge in [-0.2, -0.15) is 0 Å². The zero-order chi connectivity index (χ0) is 39.6. The first-order chi connectivity index (χ1) is 27.7. The predicted molar refractivity (Wildman–Crippen MR) is 228 cm³/mol. The number of hydrogen-bond acceptors (Lipinski definition) is 8. The maximum absolute atomic E-state index is 13.4. The molecule has 2 aromatic carbocycles. The second-order valence-corrected chi connectivity index (χ2v) is 18.5. The Bertz CT molecular complexity index is 1850. The summed E-state index contributed by atoms with van der Waals surface area (Å²) in [5, 5.41) is 14.8. The quantitative estimate of drug-likeness (QED) is 0.141. The molecule has 4 amide bonds. The fraction of sp³-hybridized carbons (Fsp3) is 0.467. The Morgan fingerprint density at radius 1 is 0.579 bits per heavy atom. The van der Waals surface area contributed by atoms with Crippen molar-refractivity contribution in [3.63, 3.8) is 0 Å². The molecule has 2 saturated heterocycles. The number of fused-ring (bicyclic) bond motifs is 2. The number of para-hydroxylation sites is 2. The molecule has 4 fully saturated rings. The lowest BCUT2D eigenvalue weighted by Crippen LogP contribution is -2.67. The Morgan fingerprint density at radius 3 is 1.32 bits per heavy atom. The molecule has 4 N–H and O–H groups in total. The molecule has 6 aliphatic rings. The minimum absolute atomic E-state index is 0.146. The smallest absolute Gasteiger partial charge is 0.258 e. The Kier molecular flexibility index (Phi) is 11.6. The number of amides is 4. The maximum atomic E-state index is 13.4. The molecule has 12 heteroatoms. The van der Waals surface area contributed by atoms with Gasteiger partial charge in [0.2, 0.25) is 0 Å². The summed E-state index contributed by atoms with van der Waals surface area (Å²) in [6.07, 6.45) is 19.0. The molecule has 0 aromatic heterocycles. The number of carbonyl (C=O) groups is 4. The van der Waals surface area contributed by atoms with Crippen molar-refractivity contribution in [3.8, 4) is 0 Å². The van der Waals surface area contributed by atoms with E-state index in [4.69, 9.17) is 0 Å². The van der Waals surface area contributed by atoms with Gasteiger partial charge >= 0.3 is 0 Å². The molecule has 10 nitrogen and oxygen atoms in total. The molecule has 4 heterocycles. The van der Waals surface area contributed by atoms with Crippen LogP contribution < -0.4 is 31.1 Å². The predicted octanol–water partition coefficient (Wildman–Crippen LogP) is 8.00. The largest absolute Gasteiger partial charge is 0.335 e. The number of anilines is 2. The molecule has 57 heavy (non-hydrogen) atoms. The van der Waals surface area contributed by atoms with Crippen LogP contribution >= 0.6 is 23.5 Å². The average molecular weight is 807 g/mol. The molecular formula is C45H54N6O4S2. The molecule has 0 bridgehead atoms. The van der Waals surface area contributed by atoms with Gasteiger partial charge in [0.1, 0.15) is 22.5 Å². The number of nitrogens with zero attached hydrogens (tertiary/aromatic N) is 2. The first-order valence-electron chi connectivity index (χ1n) is 20.9. The third-order valence-electron chi connectivity index (χ3n) is 12.5. The van der Waals surface area contributed by atoms with Crippen LogP contribution in [0.4, 0.5) is 11.4 Å². The van der Waals surface area contributed by atoms with E-state index in [2.05, 4.69) is 69.2 Å². The van der Waals surface area contributed by atoms with Gasteiger partial charge in [0.15, 0.2) is 0 Å². The number of thioether (sulfide) groups is 2. The van der Waals surface area contributed by atoms with Gasteiger partial charge in [-0.15, -0.1) is 0 Å². The van der Waals surface area contributed by atoms with Gasteiger partial charge in [-0.1, -0.05) is 74.5 Å². The summed E-state index contributed by atoms with van der Waals surface area (Å²) in [4.78, 5) is 60.5. The highest BCUT2D eigenvalue weighted by atomic mass is 32.2. The maximum Gasteiger partial charge on any atom is 0.258 e. The van der Waals surface area contributed by atoms with Crippen molar-refractivity contribution in [1.29, 1.82) is 0 Å². The van der Waals surface area contributed by atoms with Crippen LogP contribution in [-0.4, -0.2) is 48.0 Å². The van der Waals surface area contributed by atoms with Gasteiger partial charge in [-0.25, -0.2) is 0 Å². The molecule has 0 radical (unpaired) electrons. The Balaban J connectivity index is 0.820. The molecular weight excluding hydrogens is 753 g/mol. The second kappa shape index (κ2) is 16.8. The van der Waals surface area contributed by atoms with Crippen molar-refractivity contribution < 1.29 is 19.2 Å². The average Bonchev–Trinajstić information content (AvgIpc) is 3.74. The molecule has 8 rings (SSSR count). The summed E-state index contributed by atoms with van der Waals surface area (Å²) < 4.78 is 0. The van der Waals surface area contributed by atoms with E-state index in [1.807, 2.05) is 36.4 Å². The lowest BCUT2D eigenvalue weighted by molar-refractivity contribution is -0.133. The molecule has 300 valence electrons. The van der Waals surface area contributed by atoms with Gasteiger partial charge in [0.05, 0.1) is 21.4 Å². The lowest BCUT2D eigenvalue weighted by Gasteiger charge is -2.46. The minimum Gasteiger partial charge on any atom is -0.335 e. The minimum atomic E-state index is -0.705. The Morgan fingerprint density at radius 2 is 0.947 bits per heavy atom. The summed E-state index contributed by atoms with van der Waals surface area (Å²) in [7, 11) is 0. The fourth-order valence-electron chi connectivity index (χ4n) is 9.25. The Labute approximate surface area is 344 Å². The first kappa shape index (κ1) is 39.4. The molecule has 0 atom stereocenters. The topological polar surface area (TPSA) is 123 Å². The molecule has 2 saturated carbocycles. The van der Waals surface area contributed by atoms with E-state index in [1.54, 1.807) is 35.7 Å². The van der Waals surface area contributed by atoms with Crippen molar-refractivity contribution in [2.75, 3.05) is 22.9 Å². The third-order valence-corrected chi connectivity index (χ3v) is 14.8. The van der Waals surface area contributed by atoms with Crippen LogP contribution in [0.3, 0.4) is 0 Å². The van der Waals surface area contributed by atoms with Crippen molar-refractivity contribution in [3.05, 3.63) is 94.0 Å². The number of hydrogen-bond donors (Lipinski definition) is 4. The summed E-state index contributed by atoms with van der Waals surface area (Å²) in [5.74, 6) is -0.249. The van der Waals surface area contributed by atoms with E-state index in [9.17, 15) is 19.2 Å². The SMILES string of the molecule is CCCCN1C(=CC=C2C(=O)NC3(CCC(CC4CCC5(CC4)NC(=O)C(=CC=C4Sc6ccccc6N4CCCC)C(=O)N5)CC3)NC2=O)Sc2ccccc21. The number of allylic oxidation sites excluding steroid dienone is 4. The molecule has 2 aromatic rings. The van der Waals surface area contributed by atoms with E-state index >= 15 is 0 Å². The number of benzene rings is 2. The van der Waals surface area contributed by atoms with Crippen LogP contribution in [0.15, 0.2) is 104 Å². The Hall–Kier alpha value is -4.42. The van der Waals surface area contributed by atoms with Gasteiger partial charge in [0.25, 0.3) is 23.6 Å². The van der Waals surface area contributed by atoms with E-state index in [0.717, 1.165) is 80.9 Å². The van der Waals surface area contributed by atoms with Crippen LogP contribution in [0.5, 0.6) is 0 Å². The van der Waals surface area contributed by atoms with Crippen LogP contribution in [0.2, 0.25) is 0 Å². The highest BCUT2D eigenvalue weighted by Gasteiger charge is 2.46. The van der Waals surface area contributed by atoms with Crippen LogP contribution in [-0.2, 0) is 19.2 Å². The van der Waals surface area contributed by atoms with Crippen molar-refractivity contribution in [2.45, 2.75) is 118 Å². The second-order valence-electron chi connectivity index (χ2n) is 16.4. The molecule has 4 aliphatic heterocycles. The summed E-state index contributed by atoms with van der Waals surface area (Å²) in [6.45, 7) is 6.13. The van der Waals surface area contributed by atoms with E-state index in [0.29, 0.717) is 37.5 Å². The summed E-state index contributed by atoms with van der Waals surface area (Å²) >= 11 is 3.34. The monoisotopic (exact) mass is 806 g/mol.